The molecule has 1 aliphatic heterocycles. The Morgan fingerprint density at radius 2 is 2.14 bits per heavy atom. The molecule has 0 aromatic carbocycles. The predicted octanol–water partition coefficient (Wildman–Crippen LogP) is 2.86. The van der Waals surface area contributed by atoms with Gasteiger partial charge in [0.15, 0.2) is 0 Å². The molecule has 4 nitrogen and oxygen atoms in total. The second-order valence-corrected chi connectivity index (χ2v) is 7.28. The molecule has 2 saturated carbocycles. The Bertz CT molecular complexity index is 497. The van der Waals surface area contributed by atoms with Crippen molar-refractivity contribution in [1.82, 2.24) is 0 Å². The molecule has 0 unspecified atom stereocenters. The lowest BCUT2D eigenvalue weighted by atomic mass is 9.69. The van der Waals surface area contributed by atoms with Gasteiger partial charge in [-0.2, -0.15) is 0 Å². The molecular formula is C17H24O4. The number of ether oxygens (including phenoxy) is 2. The number of hydrogen-bond acceptors (Lipinski definition) is 4. The maximum absolute atomic E-state index is 11.8. The van der Waals surface area contributed by atoms with Gasteiger partial charge in [-0.1, -0.05) is 20.4 Å². The molecule has 0 N–H and O–H groups in total. The van der Waals surface area contributed by atoms with Gasteiger partial charge in [-0.3, -0.25) is 4.79 Å². The van der Waals surface area contributed by atoms with Crippen molar-refractivity contribution in [3.8, 4) is 0 Å². The van der Waals surface area contributed by atoms with E-state index in [0.29, 0.717) is 17.4 Å². The van der Waals surface area contributed by atoms with Crippen LogP contribution in [0.2, 0.25) is 0 Å². The van der Waals surface area contributed by atoms with Crippen LogP contribution in [-0.4, -0.2) is 24.1 Å². The lowest BCUT2D eigenvalue weighted by molar-refractivity contribution is -0.153. The number of carbonyl (C=O) groups is 2. The van der Waals surface area contributed by atoms with Crippen LogP contribution in [0.15, 0.2) is 12.2 Å². The summed E-state index contributed by atoms with van der Waals surface area (Å²) in [6.45, 7) is 9.86. The summed E-state index contributed by atoms with van der Waals surface area (Å²) in [4.78, 5) is 23.2. The molecular weight excluding hydrogens is 268 g/mol. The Hall–Kier alpha value is -1.32. The van der Waals surface area contributed by atoms with Crippen LogP contribution in [0.5, 0.6) is 0 Å². The van der Waals surface area contributed by atoms with Crippen molar-refractivity contribution >= 4 is 11.9 Å². The third kappa shape index (κ3) is 2.19. The minimum atomic E-state index is -0.249. The summed E-state index contributed by atoms with van der Waals surface area (Å²) in [5.41, 5.74) is 0.518. The second kappa shape index (κ2) is 4.85. The lowest BCUT2D eigenvalue weighted by Crippen LogP contribution is -2.38. The first-order valence-corrected chi connectivity index (χ1v) is 7.90. The molecule has 2 aliphatic carbocycles. The standard InChI is InChI=1S/C17H24O4/c1-9-7-14-12(10(2)16(19)21-14)8-17(4)13(9)5-6-15(17)20-11(3)18/h9,12-15H,2,5-8H2,1,3-4H3/t9-,12-,13+,14+,15+,17+/m1/s1. The van der Waals surface area contributed by atoms with E-state index in [4.69, 9.17) is 9.47 Å². The van der Waals surface area contributed by atoms with Crippen LogP contribution >= 0.6 is 0 Å². The van der Waals surface area contributed by atoms with Crippen LogP contribution < -0.4 is 0 Å². The van der Waals surface area contributed by atoms with Gasteiger partial charge in [0.05, 0.1) is 0 Å². The highest BCUT2D eigenvalue weighted by molar-refractivity contribution is 5.90. The van der Waals surface area contributed by atoms with Crippen LogP contribution in [0.3, 0.4) is 0 Å². The van der Waals surface area contributed by atoms with Crippen molar-refractivity contribution in [1.29, 1.82) is 0 Å². The summed E-state index contributed by atoms with van der Waals surface area (Å²) >= 11 is 0. The molecule has 0 spiro atoms. The Morgan fingerprint density at radius 1 is 1.43 bits per heavy atom. The van der Waals surface area contributed by atoms with Gasteiger partial charge in [-0.15, -0.1) is 0 Å². The Kier molecular flexibility index (Phi) is 3.38. The molecule has 0 radical (unpaired) electrons. The van der Waals surface area contributed by atoms with Crippen LogP contribution in [0, 0.1) is 23.2 Å². The summed E-state index contributed by atoms with van der Waals surface area (Å²) in [5.74, 6) is 0.587. The van der Waals surface area contributed by atoms with Crippen LogP contribution in [0.1, 0.15) is 46.5 Å². The van der Waals surface area contributed by atoms with E-state index in [-0.39, 0.29) is 35.5 Å². The SMILES string of the molecule is C=C1C(=O)O[C@H]2C[C@@H](C)[C@@H]3CC[C@H](OC(C)=O)[C@@]3(C)C[C@H]12. The fourth-order valence-electron chi connectivity index (χ4n) is 4.98. The maximum Gasteiger partial charge on any atom is 0.334 e. The van der Waals surface area contributed by atoms with E-state index in [1.807, 2.05) is 0 Å². The molecule has 0 aromatic rings. The number of esters is 2. The molecule has 0 bridgehead atoms. The average molecular weight is 292 g/mol. The Morgan fingerprint density at radius 3 is 2.81 bits per heavy atom. The van der Waals surface area contributed by atoms with Crippen molar-refractivity contribution < 1.29 is 19.1 Å². The molecule has 21 heavy (non-hydrogen) atoms. The van der Waals surface area contributed by atoms with Crippen molar-refractivity contribution in [2.45, 2.75) is 58.7 Å². The van der Waals surface area contributed by atoms with E-state index in [1.165, 1.54) is 6.92 Å². The first-order valence-electron chi connectivity index (χ1n) is 7.90. The zero-order valence-corrected chi connectivity index (χ0v) is 13.1. The van der Waals surface area contributed by atoms with E-state index in [1.54, 1.807) is 0 Å². The fraction of sp³-hybridized carbons (Fsp3) is 0.765. The highest BCUT2D eigenvalue weighted by Gasteiger charge is 2.56. The molecule has 3 fully saturated rings. The molecule has 1 heterocycles. The Labute approximate surface area is 125 Å². The fourth-order valence-corrected chi connectivity index (χ4v) is 4.98. The zero-order chi connectivity index (χ0) is 15.4. The van der Waals surface area contributed by atoms with Gasteiger partial charge < -0.3 is 9.47 Å². The second-order valence-electron chi connectivity index (χ2n) is 7.28. The van der Waals surface area contributed by atoms with Gasteiger partial charge in [0.25, 0.3) is 0 Å². The summed E-state index contributed by atoms with van der Waals surface area (Å²) in [5, 5.41) is 0. The summed E-state index contributed by atoms with van der Waals surface area (Å²) < 4.78 is 11.1. The van der Waals surface area contributed by atoms with Gasteiger partial charge in [-0.05, 0) is 37.5 Å². The highest BCUT2D eigenvalue weighted by Crippen LogP contribution is 2.57. The van der Waals surface area contributed by atoms with Crippen LogP contribution in [0.4, 0.5) is 0 Å². The van der Waals surface area contributed by atoms with Crippen molar-refractivity contribution in [3.63, 3.8) is 0 Å². The van der Waals surface area contributed by atoms with Gasteiger partial charge in [0, 0.05) is 23.8 Å². The molecule has 0 aromatic heterocycles. The molecule has 116 valence electrons. The van der Waals surface area contributed by atoms with Crippen LogP contribution in [0.25, 0.3) is 0 Å². The van der Waals surface area contributed by atoms with E-state index in [2.05, 4.69) is 20.4 Å². The first-order chi connectivity index (χ1) is 9.83. The topological polar surface area (TPSA) is 52.6 Å². The monoisotopic (exact) mass is 292 g/mol. The number of carbonyl (C=O) groups excluding carboxylic acids is 2. The average Bonchev–Trinajstić information content (AvgIpc) is 2.79. The number of fused-ring (bicyclic) bond motifs is 2. The predicted molar refractivity (Wildman–Crippen MR) is 77.3 cm³/mol. The van der Waals surface area contributed by atoms with E-state index < -0.39 is 0 Å². The summed E-state index contributed by atoms with van der Waals surface area (Å²) in [6.07, 6.45) is 3.63. The third-order valence-corrected chi connectivity index (χ3v) is 6.00. The zero-order valence-electron chi connectivity index (χ0n) is 13.1. The minimum Gasteiger partial charge on any atom is -0.462 e. The molecule has 3 aliphatic rings. The third-order valence-electron chi connectivity index (χ3n) is 6.00. The van der Waals surface area contributed by atoms with Gasteiger partial charge in [0.1, 0.15) is 12.2 Å². The van der Waals surface area contributed by atoms with Gasteiger partial charge in [0.2, 0.25) is 0 Å². The first kappa shape index (κ1) is 14.6. The quantitative estimate of drug-likeness (QED) is 0.551. The van der Waals surface area contributed by atoms with Crippen molar-refractivity contribution in [2.24, 2.45) is 23.2 Å². The number of hydrogen-bond donors (Lipinski definition) is 0. The maximum atomic E-state index is 11.8. The molecule has 3 rings (SSSR count). The molecule has 6 atom stereocenters. The molecule has 4 heteroatoms. The van der Waals surface area contributed by atoms with E-state index in [0.717, 1.165) is 25.7 Å². The summed E-state index contributed by atoms with van der Waals surface area (Å²) in [6, 6.07) is 0. The minimum absolute atomic E-state index is 0.0413. The molecule has 1 saturated heterocycles. The van der Waals surface area contributed by atoms with Gasteiger partial charge >= 0.3 is 11.9 Å². The number of rotatable bonds is 1. The highest BCUT2D eigenvalue weighted by atomic mass is 16.6. The molecule has 0 amide bonds. The smallest absolute Gasteiger partial charge is 0.334 e. The summed E-state index contributed by atoms with van der Waals surface area (Å²) in [7, 11) is 0. The van der Waals surface area contributed by atoms with Crippen LogP contribution in [-0.2, 0) is 19.1 Å². The Balaban J connectivity index is 1.92. The normalized spacial score (nSPS) is 45.6. The largest absolute Gasteiger partial charge is 0.462 e. The lowest BCUT2D eigenvalue weighted by Gasteiger charge is -2.38. The van der Waals surface area contributed by atoms with Gasteiger partial charge in [-0.25, -0.2) is 4.79 Å². The van der Waals surface area contributed by atoms with E-state index in [9.17, 15) is 9.59 Å². The van der Waals surface area contributed by atoms with Crippen molar-refractivity contribution in [3.05, 3.63) is 12.2 Å². The van der Waals surface area contributed by atoms with E-state index >= 15 is 0 Å². The van der Waals surface area contributed by atoms with Crippen molar-refractivity contribution in [2.75, 3.05) is 0 Å².